The van der Waals surface area contributed by atoms with Crippen LogP contribution >= 0.6 is 0 Å². The topological polar surface area (TPSA) is 173 Å². The Hall–Kier alpha value is -4.20. The molecule has 2 aromatic rings. The zero-order chi connectivity index (χ0) is 35.1. The molecule has 3 heterocycles. The van der Waals surface area contributed by atoms with E-state index in [4.69, 9.17) is 9.47 Å². The molecule has 1 aromatic heterocycles. The van der Waals surface area contributed by atoms with Crippen molar-refractivity contribution in [2.24, 2.45) is 5.92 Å². The number of carbonyl (C=O) groups is 4. The van der Waals surface area contributed by atoms with Gasteiger partial charge in [0.2, 0.25) is 27.7 Å². The first-order valence-electron chi connectivity index (χ1n) is 17.8. The van der Waals surface area contributed by atoms with Crippen LogP contribution in [0.5, 0.6) is 5.88 Å². The molecule has 13 nitrogen and oxygen atoms in total. The van der Waals surface area contributed by atoms with E-state index in [-0.39, 0.29) is 19.4 Å². The van der Waals surface area contributed by atoms with Gasteiger partial charge in [-0.15, -0.1) is 0 Å². The Kier molecular flexibility index (Phi) is 9.25. The van der Waals surface area contributed by atoms with Crippen molar-refractivity contribution in [1.29, 1.82) is 0 Å². The summed E-state index contributed by atoms with van der Waals surface area (Å²) in [4.78, 5) is 61.3. The molecule has 3 saturated carbocycles. The number of allylic oxidation sites excluding steroid dienone is 1. The van der Waals surface area contributed by atoms with Gasteiger partial charge in [0.05, 0.1) is 11.8 Å². The third kappa shape index (κ3) is 7.17. The highest BCUT2D eigenvalue weighted by molar-refractivity contribution is 7.91. The summed E-state index contributed by atoms with van der Waals surface area (Å²) < 4.78 is 39.9. The molecular formula is C36H45N5O8S. The average Bonchev–Trinajstić information content (AvgIpc) is 3.99. The van der Waals surface area contributed by atoms with Crippen molar-refractivity contribution in [1.82, 2.24) is 25.2 Å². The minimum atomic E-state index is -3.87. The summed E-state index contributed by atoms with van der Waals surface area (Å²) in [5.41, 5.74) is -2.04. The Morgan fingerprint density at radius 3 is 2.60 bits per heavy atom. The van der Waals surface area contributed by atoms with Crippen molar-refractivity contribution >= 4 is 44.6 Å². The van der Waals surface area contributed by atoms with Crippen LogP contribution in [-0.4, -0.2) is 83.2 Å². The van der Waals surface area contributed by atoms with Gasteiger partial charge in [-0.1, -0.05) is 43.2 Å². The molecule has 4 amide bonds. The van der Waals surface area contributed by atoms with E-state index in [9.17, 15) is 27.6 Å². The highest BCUT2D eigenvalue weighted by Gasteiger charge is 2.62. The summed E-state index contributed by atoms with van der Waals surface area (Å²) in [6.07, 6.45) is 11.2. The van der Waals surface area contributed by atoms with Crippen molar-refractivity contribution in [3.05, 3.63) is 48.7 Å². The summed E-state index contributed by atoms with van der Waals surface area (Å²) in [5.74, 6) is -1.85. The minimum Gasteiger partial charge on any atom is -0.472 e. The molecule has 1 saturated heterocycles. The van der Waals surface area contributed by atoms with E-state index in [1.807, 2.05) is 49.4 Å². The van der Waals surface area contributed by atoms with Gasteiger partial charge in [0.1, 0.15) is 29.3 Å². The van der Waals surface area contributed by atoms with Gasteiger partial charge < -0.3 is 25.0 Å². The van der Waals surface area contributed by atoms with E-state index >= 15 is 0 Å². The van der Waals surface area contributed by atoms with Gasteiger partial charge >= 0.3 is 6.09 Å². The lowest BCUT2D eigenvalue weighted by atomic mass is 9.82. The van der Waals surface area contributed by atoms with Crippen LogP contribution in [0.25, 0.3) is 10.8 Å². The van der Waals surface area contributed by atoms with E-state index in [0.717, 1.165) is 42.9 Å². The van der Waals surface area contributed by atoms with Gasteiger partial charge in [-0.05, 0) is 82.2 Å². The van der Waals surface area contributed by atoms with E-state index < -0.39 is 74.3 Å². The second-order valence-corrected chi connectivity index (χ2v) is 16.7. The number of nitrogens with zero attached hydrogens (tertiary/aromatic N) is 2. The molecule has 7 rings (SSSR count). The fourth-order valence-electron chi connectivity index (χ4n) is 7.36. The lowest BCUT2D eigenvalue weighted by Gasteiger charge is -2.38. The predicted octanol–water partition coefficient (Wildman–Crippen LogP) is 3.62. The summed E-state index contributed by atoms with van der Waals surface area (Å²) in [6, 6.07) is 7.46. The summed E-state index contributed by atoms with van der Waals surface area (Å²) >= 11 is 0. The van der Waals surface area contributed by atoms with E-state index in [0.29, 0.717) is 38.0 Å². The summed E-state index contributed by atoms with van der Waals surface area (Å²) in [6.45, 7) is 1.91. The molecule has 5 atom stereocenters. The van der Waals surface area contributed by atoms with Crippen LogP contribution in [0.3, 0.4) is 0 Å². The summed E-state index contributed by atoms with van der Waals surface area (Å²) in [7, 11) is -3.87. The van der Waals surface area contributed by atoms with E-state index in [2.05, 4.69) is 20.3 Å². The fraction of sp³-hybridized carbons (Fsp3) is 0.583. The van der Waals surface area contributed by atoms with Gasteiger partial charge in [-0.2, -0.15) is 0 Å². The quantitative estimate of drug-likeness (QED) is 0.364. The Morgan fingerprint density at radius 2 is 1.84 bits per heavy atom. The fourth-order valence-corrected chi connectivity index (χ4v) is 8.73. The number of hydrogen-bond donors (Lipinski definition) is 3. The van der Waals surface area contributed by atoms with Crippen molar-refractivity contribution in [3.8, 4) is 5.88 Å². The number of nitrogens with one attached hydrogen (secondary N) is 3. The van der Waals surface area contributed by atoms with Crippen LogP contribution in [0.4, 0.5) is 4.79 Å². The third-order valence-electron chi connectivity index (χ3n) is 10.8. The van der Waals surface area contributed by atoms with Crippen LogP contribution in [0.1, 0.15) is 84.0 Å². The highest BCUT2D eigenvalue weighted by Crippen LogP contribution is 2.46. The average molecular weight is 708 g/mol. The van der Waals surface area contributed by atoms with Crippen LogP contribution in [0.2, 0.25) is 0 Å². The van der Waals surface area contributed by atoms with Gasteiger partial charge in [0.25, 0.3) is 5.91 Å². The standard InChI is InChI=1S/C36H45N5O8S/c1-35(17-9-18-35)49-34(45)38-28-13-6-4-2-3-5-11-24-21-36(24,33(44)40-50(46,47)26-14-15-26)39-30(42)29-20-25(22-41(29)32(28)43)48-31-27-12-8-7-10-23(27)16-19-37-31/h5,7-8,10-12,16,19,24-26,28-29H,2-4,6,9,13-15,17-18,20-22H2,1H3,(H,38,45)(H,39,42)(H,40,44)/t24-,25-,28+,29+,36-/m1/s1. The number of rotatable bonds is 7. The van der Waals surface area contributed by atoms with Crippen LogP contribution in [0, 0.1) is 5.92 Å². The zero-order valence-electron chi connectivity index (χ0n) is 28.3. The molecule has 50 heavy (non-hydrogen) atoms. The molecule has 4 fully saturated rings. The molecule has 0 spiro atoms. The van der Waals surface area contributed by atoms with Crippen molar-refractivity contribution < 1.29 is 37.1 Å². The normalized spacial score (nSPS) is 29.7. The van der Waals surface area contributed by atoms with E-state index in [1.165, 1.54) is 4.90 Å². The number of amides is 4. The Labute approximate surface area is 292 Å². The molecule has 3 aliphatic carbocycles. The Balaban J connectivity index is 1.17. The number of hydrogen-bond acceptors (Lipinski definition) is 9. The molecule has 5 aliphatic rings. The van der Waals surface area contributed by atoms with Crippen molar-refractivity contribution in [2.75, 3.05) is 6.54 Å². The maximum absolute atomic E-state index is 14.4. The Bertz CT molecular complexity index is 1800. The minimum absolute atomic E-state index is 0.0331. The smallest absolute Gasteiger partial charge is 0.408 e. The molecule has 268 valence electrons. The van der Waals surface area contributed by atoms with Crippen molar-refractivity contribution in [3.63, 3.8) is 0 Å². The summed E-state index contributed by atoms with van der Waals surface area (Å²) in [5, 5.41) is 6.78. The number of alkyl carbamates (subject to hydrolysis) is 1. The highest BCUT2D eigenvalue weighted by atomic mass is 32.2. The van der Waals surface area contributed by atoms with Gasteiger partial charge in [0, 0.05) is 23.9 Å². The molecule has 3 N–H and O–H groups in total. The van der Waals surface area contributed by atoms with E-state index in [1.54, 1.807) is 6.20 Å². The molecule has 1 aromatic carbocycles. The number of sulfonamides is 1. The zero-order valence-corrected chi connectivity index (χ0v) is 29.1. The largest absolute Gasteiger partial charge is 0.472 e. The number of carbonyl (C=O) groups excluding carboxylic acids is 4. The maximum Gasteiger partial charge on any atom is 0.408 e. The molecule has 0 radical (unpaired) electrons. The maximum atomic E-state index is 14.4. The van der Waals surface area contributed by atoms with Gasteiger partial charge in [0.15, 0.2) is 0 Å². The van der Waals surface area contributed by atoms with Crippen LogP contribution in [0.15, 0.2) is 48.7 Å². The molecule has 0 bridgehead atoms. The predicted molar refractivity (Wildman–Crippen MR) is 183 cm³/mol. The van der Waals surface area contributed by atoms with Gasteiger partial charge in [-0.25, -0.2) is 18.2 Å². The lowest BCUT2D eigenvalue weighted by Crippen LogP contribution is -2.58. The third-order valence-corrected chi connectivity index (χ3v) is 12.6. The Morgan fingerprint density at radius 1 is 1.04 bits per heavy atom. The lowest BCUT2D eigenvalue weighted by molar-refractivity contribution is -0.141. The number of benzene rings is 1. The number of pyridine rings is 1. The molecule has 0 unspecified atom stereocenters. The second-order valence-electron chi connectivity index (χ2n) is 14.7. The number of ether oxygens (including phenoxy) is 2. The van der Waals surface area contributed by atoms with Crippen molar-refractivity contribution in [2.45, 2.75) is 119 Å². The monoisotopic (exact) mass is 707 g/mol. The number of aromatic nitrogens is 1. The van der Waals surface area contributed by atoms with Crippen LogP contribution in [-0.2, 0) is 29.1 Å². The molecule has 2 aliphatic heterocycles. The van der Waals surface area contributed by atoms with Gasteiger partial charge in [-0.3, -0.25) is 19.1 Å². The second kappa shape index (κ2) is 13.5. The molecular weight excluding hydrogens is 662 g/mol. The number of fused-ring (bicyclic) bond motifs is 3. The molecule has 14 heteroatoms. The first kappa shape index (κ1) is 34.3. The SMILES string of the molecule is CC1(OC(=O)N[C@H]2CCCCCC=C[C@@H]3C[C@@]3(C(=O)NS(=O)(=O)C3CC3)NC(=O)[C@@H]3C[C@@H](Oc4nccc5ccccc45)CN3C2=O)CCC1. The first-order chi connectivity index (χ1) is 24.0. The first-order valence-corrected chi connectivity index (χ1v) is 19.4. The van der Waals surface area contributed by atoms with Crippen LogP contribution < -0.4 is 20.1 Å².